The molecule has 2 aromatic heterocycles. The van der Waals surface area contributed by atoms with Gasteiger partial charge < -0.3 is 9.30 Å². The van der Waals surface area contributed by atoms with Crippen LogP contribution < -0.4 is 0 Å². The number of ether oxygens (including phenoxy) is 1. The molecule has 0 fully saturated rings. The van der Waals surface area contributed by atoms with Gasteiger partial charge in [0.2, 0.25) is 0 Å². The Morgan fingerprint density at radius 3 is 2.70 bits per heavy atom. The van der Waals surface area contributed by atoms with Crippen LogP contribution in [0.3, 0.4) is 0 Å². The number of esters is 1. The Morgan fingerprint density at radius 2 is 2.15 bits per heavy atom. The van der Waals surface area contributed by atoms with E-state index in [1.165, 1.54) is 7.11 Å². The van der Waals surface area contributed by atoms with Crippen LogP contribution in [0.2, 0.25) is 0 Å². The number of aromatic nitrogens is 2. The molecule has 0 aliphatic rings. The van der Waals surface area contributed by atoms with Crippen molar-refractivity contribution in [2.24, 2.45) is 0 Å². The molecule has 0 bridgehead atoms. The standard InChI is InChI=1S/C15H15BrN2O2/c1-4-9-18-10(2)12(15(19)20-3)13(16)14(18)11-5-7-17-8-6-11/h4-8H,1,9H2,2-3H3. The predicted molar refractivity (Wildman–Crippen MR) is 81.6 cm³/mol. The summed E-state index contributed by atoms with van der Waals surface area (Å²) in [5, 5.41) is 0. The number of carbonyl (C=O) groups excluding carboxylic acids is 1. The highest BCUT2D eigenvalue weighted by Gasteiger charge is 2.24. The smallest absolute Gasteiger partial charge is 0.340 e. The molecule has 0 saturated heterocycles. The highest BCUT2D eigenvalue weighted by molar-refractivity contribution is 9.10. The molecule has 0 saturated carbocycles. The molecule has 5 heteroatoms. The lowest BCUT2D eigenvalue weighted by molar-refractivity contribution is 0.0599. The molecule has 0 atom stereocenters. The fraction of sp³-hybridized carbons (Fsp3) is 0.200. The molecule has 0 radical (unpaired) electrons. The number of hydrogen-bond donors (Lipinski definition) is 0. The number of carbonyl (C=O) groups is 1. The lowest BCUT2D eigenvalue weighted by atomic mass is 10.2. The molecule has 0 N–H and O–H groups in total. The molecule has 0 unspecified atom stereocenters. The van der Waals surface area contributed by atoms with Gasteiger partial charge in [-0.05, 0) is 35.0 Å². The van der Waals surface area contributed by atoms with Gasteiger partial charge in [-0.3, -0.25) is 4.98 Å². The third-order valence-electron chi connectivity index (χ3n) is 3.12. The van der Waals surface area contributed by atoms with E-state index in [1.807, 2.05) is 23.6 Å². The van der Waals surface area contributed by atoms with Gasteiger partial charge in [0.1, 0.15) is 0 Å². The van der Waals surface area contributed by atoms with E-state index in [0.717, 1.165) is 21.4 Å². The Balaban J connectivity index is 2.72. The molecular weight excluding hydrogens is 320 g/mol. The maximum absolute atomic E-state index is 12.0. The van der Waals surface area contributed by atoms with Crippen molar-refractivity contribution in [3.63, 3.8) is 0 Å². The largest absolute Gasteiger partial charge is 0.465 e. The van der Waals surface area contributed by atoms with Crippen molar-refractivity contribution in [2.45, 2.75) is 13.5 Å². The van der Waals surface area contributed by atoms with Gasteiger partial charge in [-0.2, -0.15) is 0 Å². The van der Waals surface area contributed by atoms with Crippen LogP contribution in [0, 0.1) is 6.92 Å². The van der Waals surface area contributed by atoms with E-state index in [-0.39, 0.29) is 5.97 Å². The molecule has 2 aromatic rings. The molecule has 0 spiro atoms. The van der Waals surface area contributed by atoms with Crippen LogP contribution in [0.4, 0.5) is 0 Å². The minimum atomic E-state index is -0.354. The van der Waals surface area contributed by atoms with Gasteiger partial charge in [0.05, 0.1) is 22.8 Å². The van der Waals surface area contributed by atoms with Crippen LogP contribution in [0.5, 0.6) is 0 Å². The number of methoxy groups -OCH3 is 1. The van der Waals surface area contributed by atoms with Crippen LogP contribution in [-0.4, -0.2) is 22.6 Å². The number of hydrogen-bond acceptors (Lipinski definition) is 3. The van der Waals surface area contributed by atoms with E-state index in [4.69, 9.17) is 4.74 Å². The molecular formula is C15H15BrN2O2. The molecule has 0 amide bonds. The summed E-state index contributed by atoms with van der Waals surface area (Å²) in [4.78, 5) is 16.0. The van der Waals surface area contributed by atoms with Crippen molar-refractivity contribution in [1.29, 1.82) is 0 Å². The molecule has 0 aliphatic heterocycles. The minimum absolute atomic E-state index is 0.354. The lowest BCUT2D eigenvalue weighted by Crippen LogP contribution is -2.05. The normalized spacial score (nSPS) is 10.3. The molecule has 104 valence electrons. The van der Waals surface area contributed by atoms with Gasteiger partial charge in [0, 0.05) is 30.2 Å². The summed E-state index contributed by atoms with van der Waals surface area (Å²) in [5.74, 6) is -0.354. The fourth-order valence-corrected chi connectivity index (χ4v) is 3.08. The van der Waals surface area contributed by atoms with Crippen molar-refractivity contribution < 1.29 is 9.53 Å². The first-order valence-electron chi connectivity index (χ1n) is 6.10. The van der Waals surface area contributed by atoms with E-state index in [1.54, 1.807) is 18.5 Å². The van der Waals surface area contributed by atoms with Gasteiger partial charge >= 0.3 is 5.97 Å². The van der Waals surface area contributed by atoms with Crippen molar-refractivity contribution in [3.05, 3.63) is 52.9 Å². The average molecular weight is 335 g/mol. The van der Waals surface area contributed by atoms with Gasteiger partial charge in [-0.1, -0.05) is 6.08 Å². The fourth-order valence-electron chi connectivity index (χ4n) is 2.19. The minimum Gasteiger partial charge on any atom is -0.465 e. The lowest BCUT2D eigenvalue weighted by Gasteiger charge is -2.09. The number of allylic oxidation sites excluding steroid dienone is 1. The summed E-state index contributed by atoms with van der Waals surface area (Å²) in [5.41, 5.74) is 3.29. The van der Waals surface area contributed by atoms with Gasteiger partial charge in [0.25, 0.3) is 0 Å². The number of nitrogens with zero attached hydrogens (tertiary/aromatic N) is 2. The maximum Gasteiger partial charge on any atom is 0.340 e. The Bertz CT molecular complexity index is 648. The SMILES string of the molecule is C=CCn1c(C)c(C(=O)OC)c(Br)c1-c1ccncc1. The van der Waals surface area contributed by atoms with Gasteiger partial charge in [-0.25, -0.2) is 4.79 Å². The summed E-state index contributed by atoms with van der Waals surface area (Å²) in [6, 6.07) is 3.81. The Hall–Kier alpha value is -1.88. The third kappa shape index (κ3) is 2.41. The van der Waals surface area contributed by atoms with Crippen LogP contribution in [0.15, 0.2) is 41.7 Å². The second-order valence-corrected chi connectivity index (χ2v) is 5.04. The Labute approximate surface area is 126 Å². The van der Waals surface area contributed by atoms with Crippen LogP contribution in [-0.2, 0) is 11.3 Å². The van der Waals surface area contributed by atoms with E-state index in [0.29, 0.717) is 12.1 Å². The Morgan fingerprint density at radius 1 is 1.50 bits per heavy atom. The van der Waals surface area contributed by atoms with E-state index in [2.05, 4.69) is 27.5 Å². The van der Waals surface area contributed by atoms with Crippen molar-refractivity contribution >= 4 is 21.9 Å². The average Bonchev–Trinajstić information content (AvgIpc) is 2.71. The molecule has 0 aromatic carbocycles. The van der Waals surface area contributed by atoms with E-state index >= 15 is 0 Å². The third-order valence-corrected chi connectivity index (χ3v) is 3.89. The highest BCUT2D eigenvalue weighted by atomic mass is 79.9. The topological polar surface area (TPSA) is 44.1 Å². The first-order chi connectivity index (χ1) is 9.61. The first-order valence-corrected chi connectivity index (χ1v) is 6.89. The molecule has 4 nitrogen and oxygen atoms in total. The molecule has 2 rings (SSSR count). The van der Waals surface area contributed by atoms with Crippen LogP contribution in [0.25, 0.3) is 11.3 Å². The summed E-state index contributed by atoms with van der Waals surface area (Å²) < 4.78 is 7.62. The first kappa shape index (κ1) is 14.5. The number of halogens is 1. The summed E-state index contributed by atoms with van der Waals surface area (Å²) in [6.45, 7) is 6.28. The summed E-state index contributed by atoms with van der Waals surface area (Å²) in [7, 11) is 1.38. The second kappa shape index (κ2) is 6.05. The van der Waals surface area contributed by atoms with Crippen LogP contribution >= 0.6 is 15.9 Å². The van der Waals surface area contributed by atoms with E-state index in [9.17, 15) is 4.79 Å². The highest BCUT2D eigenvalue weighted by Crippen LogP contribution is 2.36. The zero-order chi connectivity index (χ0) is 14.7. The van der Waals surface area contributed by atoms with Crippen LogP contribution in [0.1, 0.15) is 16.1 Å². The second-order valence-electron chi connectivity index (χ2n) is 4.25. The molecule has 20 heavy (non-hydrogen) atoms. The zero-order valence-electron chi connectivity index (χ0n) is 11.4. The van der Waals surface area contributed by atoms with E-state index < -0.39 is 0 Å². The van der Waals surface area contributed by atoms with Crippen molar-refractivity contribution in [3.8, 4) is 11.3 Å². The van der Waals surface area contributed by atoms with Gasteiger partial charge in [0.15, 0.2) is 0 Å². The Kier molecular flexibility index (Phi) is 4.39. The predicted octanol–water partition coefficient (Wildman–Crippen LogP) is 3.59. The van der Waals surface area contributed by atoms with Crippen molar-refractivity contribution in [1.82, 2.24) is 9.55 Å². The molecule has 0 aliphatic carbocycles. The summed E-state index contributed by atoms with van der Waals surface area (Å²) >= 11 is 3.52. The maximum atomic E-state index is 12.0. The zero-order valence-corrected chi connectivity index (χ0v) is 13.0. The quantitative estimate of drug-likeness (QED) is 0.633. The monoisotopic (exact) mass is 334 g/mol. The number of rotatable bonds is 4. The summed E-state index contributed by atoms with van der Waals surface area (Å²) in [6.07, 6.45) is 5.24. The number of pyridine rings is 1. The van der Waals surface area contributed by atoms with Gasteiger partial charge in [-0.15, -0.1) is 6.58 Å². The van der Waals surface area contributed by atoms with Crippen molar-refractivity contribution in [2.75, 3.05) is 7.11 Å². The molecule has 2 heterocycles.